The van der Waals surface area contributed by atoms with Gasteiger partial charge in [0.25, 0.3) is 0 Å². The summed E-state index contributed by atoms with van der Waals surface area (Å²) in [6.45, 7) is 10.2. The van der Waals surface area contributed by atoms with Gasteiger partial charge < -0.3 is 20.3 Å². The SMILES string of the molecule is C=CCC(NC(=O)OC(C)(C)C)C(O)C(C)O. The molecule has 0 aliphatic carbocycles. The van der Waals surface area contributed by atoms with Crippen LogP contribution in [0.1, 0.15) is 34.1 Å². The highest BCUT2D eigenvalue weighted by molar-refractivity contribution is 5.68. The zero-order valence-corrected chi connectivity index (χ0v) is 10.9. The second-order valence-corrected chi connectivity index (χ2v) is 5.01. The lowest BCUT2D eigenvalue weighted by Crippen LogP contribution is -2.48. The fourth-order valence-electron chi connectivity index (χ4n) is 1.26. The summed E-state index contributed by atoms with van der Waals surface area (Å²) in [4.78, 5) is 11.5. The summed E-state index contributed by atoms with van der Waals surface area (Å²) in [5.74, 6) is 0. The molecule has 0 heterocycles. The van der Waals surface area contributed by atoms with E-state index >= 15 is 0 Å². The molecule has 0 bridgehead atoms. The van der Waals surface area contributed by atoms with Crippen molar-refractivity contribution in [1.82, 2.24) is 5.32 Å². The van der Waals surface area contributed by atoms with Crippen LogP contribution in [-0.4, -0.2) is 40.2 Å². The lowest BCUT2D eigenvalue weighted by molar-refractivity contribution is 0.000267. The number of carbonyl (C=O) groups is 1. The molecule has 0 spiro atoms. The molecule has 0 fully saturated rings. The number of rotatable bonds is 5. The number of carbonyl (C=O) groups excluding carboxylic acids is 1. The smallest absolute Gasteiger partial charge is 0.407 e. The first-order chi connectivity index (χ1) is 7.67. The van der Waals surface area contributed by atoms with Gasteiger partial charge >= 0.3 is 6.09 Å². The van der Waals surface area contributed by atoms with Gasteiger partial charge in [0.1, 0.15) is 11.7 Å². The molecule has 3 unspecified atom stereocenters. The monoisotopic (exact) mass is 245 g/mol. The van der Waals surface area contributed by atoms with E-state index in [1.165, 1.54) is 6.92 Å². The van der Waals surface area contributed by atoms with E-state index in [-0.39, 0.29) is 0 Å². The van der Waals surface area contributed by atoms with Crippen molar-refractivity contribution in [3.05, 3.63) is 12.7 Å². The normalized spacial score (nSPS) is 16.8. The van der Waals surface area contributed by atoms with Gasteiger partial charge in [-0.3, -0.25) is 0 Å². The molecule has 0 rings (SSSR count). The minimum atomic E-state index is -1.06. The quantitative estimate of drug-likeness (QED) is 0.636. The van der Waals surface area contributed by atoms with E-state index in [4.69, 9.17) is 4.74 Å². The van der Waals surface area contributed by atoms with Gasteiger partial charge in [0, 0.05) is 0 Å². The molecule has 1 amide bonds. The van der Waals surface area contributed by atoms with Crippen molar-refractivity contribution in [2.75, 3.05) is 0 Å². The Morgan fingerprint density at radius 3 is 2.35 bits per heavy atom. The molecule has 17 heavy (non-hydrogen) atoms. The fourth-order valence-corrected chi connectivity index (χ4v) is 1.26. The number of amides is 1. The van der Waals surface area contributed by atoms with Crippen molar-refractivity contribution in [2.24, 2.45) is 0 Å². The average Bonchev–Trinajstić information content (AvgIpc) is 2.12. The first-order valence-electron chi connectivity index (χ1n) is 5.64. The van der Waals surface area contributed by atoms with Crippen molar-refractivity contribution in [3.8, 4) is 0 Å². The standard InChI is InChI=1S/C12H23NO4/c1-6-7-9(10(15)8(2)14)13-11(16)17-12(3,4)5/h6,8-10,14-15H,1,7H2,2-5H3,(H,13,16). The molecule has 0 saturated carbocycles. The predicted molar refractivity (Wildman–Crippen MR) is 65.7 cm³/mol. The Morgan fingerprint density at radius 2 is 2.00 bits per heavy atom. The highest BCUT2D eigenvalue weighted by atomic mass is 16.6. The number of hydrogen-bond donors (Lipinski definition) is 3. The summed E-state index contributed by atoms with van der Waals surface area (Å²) in [6.07, 6.45) is -0.696. The van der Waals surface area contributed by atoms with E-state index in [2.05, 4.69) is 11.9 Å². The van der Waals surface area contributed by atoms with Crippen LogP contribution < -0.4 is 5.32 Å². The third-order valence-corrected chi connectivity index (χ3v) is 2.03. The number of ether oxygens (including phenoxy) is 1. The minimum absolute atomic E-state index is 0.352. The van der Waals surface area contributed by atoms with Gasteiger partial charge in [-0.25, -0.2) is 4.79 Å². The average molecular weight is 245 g/mol. The van der Waals surface area contributed by atoms with Crippen LogP contribution >= 0.6 is 0 Å². The zero-order chi connectivity index (χ0) is 13.6. The van der Waals surface area contributed by atoms with Crippen molar-refractivity contribution < 1.29 is 19.7 Å². The van der Waals surface area contributed by atoms with Crippen molar-refractivity contribution >= 4 is 6.09 Å². The van der Waals surface area contributed by atoms with Crippen LogP contribution in [-0.2, 0) is 4.74 Å². The van der Waals surface area contributed by atoms with E-state index in [1.54, 1.807) is 26.8 Å². The maximum Gasteiger partial charge on any atom is 0.407 e. The zero-order valence-electron chi connectivity index (χ0n) is 10.9. The van der Waals surface area contributed by atoms with Crippen molar-refractivity contribution in [2.45, 2.75) is 58.0 Å². The molecule has 0 aromatic heterocycles. The van der Waals surface area contributed by atoms with Gasteiger partial charge in [0.2, 0.25) is 0 Å². The Hall–Kier alpha value is -1.07. The summed E-state index contributed by atoms with van der Waals surface area (Å²) >= 11 is 0. The van der Waals surface area contributed by atoms with Crippen LogP contribution in [0.2, 0.25) is 0 Å². The summed E-state index contributed by atoms with van der Waals surface area (Å²) in [7, 11) is 0. The van der Waals surface area contributed by atoms with E-state index < -0.39 is 29.9 Å². The van der Waals surface area contributed by atoms with Crippen LogP contribution in [0.4, 0.5) is 4.79 Å². The molecule has 0 aromatic rings. The fraction of sp³-hybridized carbons (Fsp3) is 0.750. The Labute approximate surface area is 102 Å². The second-order valence-electron chi connectivity index (χ2n) is 5.01. The van der Waals surface area contributed by atoms with Crippen molar-refractivity contribution in [3.63, 3.8) is 0 Å². The molecule has 5 nitrogen and oxygen atoms in total. The predicted octanol–water partition coefficient (Wildman–Crippen LogP) is 1.20. The summed E-state index contributed by atoms with van der Waals surface area (Å²) < 4.78 is 5.07. The Bertz CT molecular complexity index is 258. The number of alkyl carbamates (subject to hydrolysis) is 1. The van der Waals surface area contributed by atoms with Crippen LogP contribution in [0.5, 0.6) is 0 Å². The molecule has 100 valence electrons. The van der Waals surface area contributed by atoms with Gasteiger partial charge in [-0.1, -0.05) is 6.08 Å². The van der Waals surface area contributed by atoms with Crippen LogP contribution in [0, 0.1) is 0 Å². The molecule has 0 radical (unpaired) electrons. The number of nitrogens with one attached hydrogen (secondary N) is 1. The van der Waals surface area contributed by atoms with Gasteiger partial charge in [0.05, 0.1) is 12.1 Å². The van der Waals surface area contributed by atoms with Gasteiger partial charge in [0.15, 0.2) is 0 Å². The van der Waals surface area contributed by atoms with Crippen molar-refractivity contribution in [1.29, 1.82) is 0 Å². The summed E-state index contributed by atoms with van der Waals surface area (Å²) in [6, 6.07) is -0.609. The highest BCUT2D eigenvalue weighted by Gasteiger charge is 2.26. The molecule has 0 saturated heterocycles. The van der Waals surface area contributed by atoms with Crippen LogP contribution in [0.25, 0.3) is 0 Å². The Morgan fingerprint density at radius 1 is 1.47 bits per heavy atom. The number of hydrogen-bond acceptors (Lipinski definition) is 4. The van der Waals surface area contributed by atoms with E-state index in [0.717, 1.165) is 0 Å². The Kier molecular flexibility index (Phi) is 6.20. The van der Waals surface area contributed by atoms with Gasteiger partial charge in [-0.05, 0) is 34.1 Å². The first-order valence-corrected chi connectivity index (χ1v) is 5.64. The van der Waals surface area contributed by atoms with Gasteiger partial charge in [-0.2, -0.15) is 0 Å². The second kappa shape index (κ2) is 6.61. The van der Waals surface area contributed by atoms with Gasteiger partial charge in [-0.15, -0.1) is 6.58 Å². The third-order valence-electron chi connectivity index (χ3n) is 2.03. The maximum atomic E-state index is 11.5. The number of aliphatic hydroxyl groups excluding tert-OH is 2. The molecule has 0 aliphatic rings. The van der Waals surface area contributed by atoms with Crippen LogP contribution in [0.15, 0.2) is 12.7 Å². The summed E-state index contributed by atoms with van der Waals surface area (Å²) in [5, 5.41) is 21.5. The molecule has 0 aliphatic heterocycles. The third kappa shape index (κ3) is 6.97. The lowest BCUT2D eigenvalue weighted by atomic mass is 10.0. The van der Waals surface area contributed by atoms with E-state index in [1.807, 2.05) is 0 Å². The van der Waals surface area contributed by atoms with Crippen LogP contribution in [0.3, 0.4) is 0 Å². The topological polar surface area (TPSA) is 78.8 Å². The largest absolute Gasteiger partial charge is 0.444 e. The number of aliphatic hydroxyl groups is 2. The van der Waals surface area contributed by atoms with E-state index in [0.29, 0.717) is 6.42 Å². The minimum Gasteiger partial charge on any atom is -0.444 e. The Balaban J connectivity index is 4.44. The lowest BCUT2D eigenvalue weighted by Gasteiger charge is -2.27. The molecule has 3 atom stereocenters. The maximum absolute atomic E-state index is 11.5. The van der Waals surface area contributed by atoms with E-state index in [9.17, 15) is 15.0 Å². The molecule has 3 N–H and O–H groups in total. The first kappa shape index (κ1) is 15.9. The highest BCUT2D eigenvalue weighted by Crippen LogP contribution is 2.09. The summed E-state index contributed by atoms with van der Waals surface area (Å²) in [5.41, 5.74) is -0.599. The molecular weight excluding hydrogens is 222 g/mol. The molecular formula is C12H23NO4. The molecule has 0 aromatic carbocycles. The molecule has 5 heteroatoms.